The van der Waals surface area contributed by atoms with Gasteiger partial charge in [0, 0.05) is 39.3 Å². The number of nitrogens with zero attached hydrogens (tertiary/aromatic N) is 3. The molecule has 0 saturated heterocycles. The van der Waals surface area contributed by atoms with Gasteiger partial charge in [-0.25, -0.2) is 0 Å². The minimum atomic E-state index is -0.397. The van der Waals surface area contributed by atoms with Gasteiger partial charge in [-0.1, -0.05) is 26.3 Å². The summed E-state index contributed by atoms with van der Waals surface area (Å²) >= 11 is 0. The molecule has 8 nitrogen and oxygen atoms in total. The predicted molar refractivity (Wildman–Crippen MR) is 130 cm³/mol. The van der Waals surface area contributed by atoms with Crippen molar-refractivity contribution in [2.75, 3.05) is 40.3 Å². The average molecular weight is 470 g/mol. The number of phenolic OH excluding ortho intramolecular Hbond substituents is 2. The second kappa shape index (κ2) is 11.2. The topological polar surface area (TPSA) is 93.6 Å². The van der Waals surface area contributed by atoms with E-state index in [2.05, 4.69) is 11.8 Å². The molecule has 0 bridgehead atoms. The molecule has 0 aliphatic carbocycles. The van der Waals surface area contributed by atoms with Crippen LogP contribution in [0.15, 0.2) is 30.3 Å². The standard InChI is InChI=1S/C26H35N3O5/c1-5-7-10-28(4)25(32)21-14-22(24(31)15-23(21)30)26(33)29-16-18-8-9-20(13-19(18)17-29)34-12-11-27(3)6-2/h8-9,13-15,30-31H,5-7,10-12,16-17H2,1-4H3. The van der Waals surface area contributed by atoms with Gasteiger partial charge >= 0.3 is 0 Å². The molecule has 2 aromatic carbocycles. The summed E-state index contributed by atoms with van der Waals surface area (Å²) < 4.78 is 5.85. The third-order valence-corrected chi connectivity index (χ3v) is 6.24. The van der Waals surface area contributed by atoms with Crippen molar-refractivity contribution in [1.29, 1.82) is 0 Å². The highest BCUT2D eigenvalue weighted by Gasteiger charge is 2.28. The molecule has 0 saturated carbocycles. The van der Waals surface area contributed by atoms with Crippen LogP contribution in [0.5, 0.6) is 17.2 Å². The average Bonchev–Trinajstić information content (AvgIpc) is 3.25. The SMILES string of the molecule is CCCCN(C)C(=O)c1cc(C(=O)N2Cc3ccc(OCCN(C)CC)cc3C2)c(O)cc1O. The molecule has 2 N–H and O–H groups in total. The normalized spacial score (nSPS) is 12.7. The molecule has 2 amide bonds. The Morgan fingerprint density at radius 2 is 1.68 bits per heavy atom. The Balaban J connectivity index is 1.73. The molecule has 34 heavy (non-hydrogen) atoms. The molecule has 1 aliphatic rings. The quantitative estimate of drug-likeness (QED) is 0.554. The van der Waals surface area contributed by atoms with Crippen molar-refractivity contribution in [3.8, 4) is 17.2 Å². The minimum Gasteiger partial charge on any atom is -0.507 e. The zero-order valence-electron chi connectivity index (χ0n) is 20.5. The van der Waals surface area contributed by atoms with Crippen LogP contribution in [0.4, 0.5) is 0 Å². The maximum Gasteiger partial charge on any atom is 0.258 e. The van der Waals surface area contributed by atoms with E-state index in [-0.39, 0.29) is 28.5 Å². The molecule has 0 spiro atoms. The first-order chi connectivity index (χ1) is 16.2. The van der Waals surface area contributed by atoms with Crippen molar-refractivity contribution in [1.82, 2.24) is 14.7 Å². The highest BCUT2D eigenvalue weighted by Crippen LogP contribution is 2.33. The second-order valence-corrected chi connectivity index (χ2v) is 8.80. The Morgan fingerprint density at radius 3 is 2.38 bits per heavy atom. The predicted octanol–water partition coefficient (Wildman–Crippen LogP) is 3.46. The van der Waals surface area contributed by atoms with E-state index in [9.17, 15) is 19.8 Å². The molecule has 3 rings (SSSR count). The monoisotopic (exact) mass is 469 g/mol. The maximum absolute atomic E-state index is 13.3. The molecular weight excluding hydrogens is 434 g/mol. The summed E-state index contributed by atoms with van der Waals surface area (Å²) in [5, 5.41) is 20.6. The van der Waals surface area contributed by atoms with Crippen molar-refractivity contribution in [2.24, 2.45) is 0 Å². The highest BCUT2D eigenvalue weighted by molar-refractivity contribution is 6.03. The van der Waals surface area contributed by atoms with E-state index in [4.69, 9.17) is 4.74 Å². The Kier molecular flexibility index (Phi) is 8.39. The summed E-state index contributed by atoms with van der Waals surface area (Å²) in [6.45, 7) is 7.80. The number of phenols is 2. The minimum absolute atomic E-state index is 0.00285. The highest BCUT2D eigenvalue weighted by atomic mass is 16.5. The molecule has 1 aliphatic heterocycles. The zero-order chi connectivity index (χ0) is 24.8. The Hall–Kier alpha value is -3.26. The fourth-order valence-corrected chi connectivity index (χ4v) is 3.87. The van der Waals surface area contributed by atoms with E-state index in [1.54, 1.807) is 11.9 Å². The van der Waals surface area contributed by atoms with Gasteiger partial charge in [0.05, 0.1) is 11.1 Å². The van der Waals surface area contributed by atoms with Crippen LogP contribution in [0.2, 0.25) is 0 Å². The van der Waals surface area contributed by atoms with E-state index in [0.717, 1.165) is 48.9 Å². The van der Waals surface area contributed by atoms with Crippen molar-refractivity contribution < 1.29 is 24.5 Å². The van der Waals surface area contributed by atoms with Crippen LogP contribution in [0.25, 0.3) is 0 Å². The Bertz CT molecular complexity index is 1040. The molecule has 0 atom stereocenters. The van der Waals surface area contributed by atoms with Gasteiger partial charge in [0.2, 0.25) is 0 Å². The van der Waals surface area contributed by atoms with E-state index in [1.165, 1.54) is 11.0 Å². The Morgan fingerprint density at radius 1 is 0.971 bits per heavy atom. The van der Waals surface area contributed by atoms with Crippen LogP contribution in [-0.4, -0.2) is 77.1 Å². The first-order valence-electron chi connectivity index (χ1n) is 11.8. The van der Waals surface area contributed by atoms with Crippen LogP contribution in [-0.2, 0) is 13.1 Å². The smallest absolute Gasteiger partial charge is 0.258 e. The fourth-order valence-electron chi connectivity index (χ4n) is 3.87. The van der Waals surface area contributed by atoms with Gasteiger partial charge in [-0.15, -0.1) is 0 Å². The maximum atomic E-state index is 13.3. The molecule has 2 aromatic rings. The molecule has 0 unspecified atom stereocenters. The number of carbonyl (C=O) groups excluding carboxylic acids is 2. The van der Waals surface area contributed by atoms with Gasteiger partial charge in [-0.05, 0) is 49.3 Å². The molecule has 8 heteroatoms. The number of rotatable bonds is 10. The largest absolute Gasteiger partial charge is 0.507 e. The van der Waals surface area contributed by atoms with Crippen LogP contribution in [0, 0.1) is 0 Å². The first kappa shape index (κ1) is 25.4. The summed E-state index contributed by atoms with van der Waals surface area (Å²) in [5.74, 6) is -0.725. The molecule has 1 heterocycles. The van der Waals surface area contributed by atoms with Crippen molar-refractivity contribution in [3.05, 3.63) is 52.6 Å². The number of hydrogen-bond acceptors (Lipinski definition) is 6. The molecule has 184 valence electrons. The van der Waals surface area contributed by atoms with Crippen LogP contribution >= 0.6 is 0 Å². The van der Waals surface area contributed by atoms with Crippen molar-refractivity contribution >= 4 is 11.8 Å². The summed E-state index contributed by atoms with van der Waals surface area (Å²) in [4.78, 5) is 31.3. The fraction of sp³-hybridized carbons (Fsp3) is 0.462. The second-order valence-electron chi connectivity index (χ2n) is 8.80. The molecule has 0 radical (unpaired) electrons. The lowest BCUT2D eigenvalue weighted by Gasteiger charge is -2.20. The van der Waals surface area contributed by atoms with E-state index >= 15 is 0 Å². The van der Waals surface area contributed by atoms with Gasteiger partial charge in [0.1, 0.15) is 23.9 Å². The van der Waals surface area contributed by atoms with Gasteiger partial charge in [-0.2, -0.15) is 0 Å². The van der Waals surface area contributed by atoms with Gasteiger partial charge in [0.25, 0.3) is 11.8 Å². The van der Waals surface area contributed by atoms with Gasteiger partial charge < -0.3 is 29.6 Å². The number of amides is 2. The number of aromatic hydroxyl groups is 2. The lowest BCUT2D eigenvalue weighted by atomic mass is 10.1. The number of carbonyl (C=O) groups is 2. The van der Waals surface area contributed by atoms with E-state index in [1.807, 2.05) is 32.2 Å². The first-order valence-corrected chi connectivity index (χ1v) is 11.8. The number of fused-ring (bicyclic) bond motifs is 1. The van der Waals surface area contributed by atoms with Crippen LogP contribution < -0.4 is 4.74 Å². The summed E-state index contributed by atoms with van der Waals surface area (Å²) in [6, 6.07) is 8.16. The number of likely N-dealkylation sites (N-methyl/N-ethyl adjacent to an activating group) is 1. The van der Waals surface area contributed by atoms with Crippen molar-refractivity contribution in [2.45, 2.75) is 39.8 Å². The summed E-state index contributed by atoms with van der Waals surface area (Å²) in [6.07, 6.45) is 1.76. The third-order valence-electron chi connectivity index (χ3n) is 6.24. The number of unbranched alkanes of at least 4 members (excludes halogenated alkanes) is 1. The number of hydrogen-bond donors (Lipinski definition) is 2. The lowest BCUT2D eigenvalue weighted by molar-refractivity contribution is 0.0748. The van der Waals surface area contributed by atoms with E-state index in [0.29, 0.717) is 26.2 Å². The molecule has 0 fully saturated rings. The zero-order valence-corrected chi connectivity index (χ0v) is 20.5. The molecular formula is C26H35N3O5. The lowest BCUT2D eigenvalue weighted by Crippen LogP contribution is -2.29. The van der Waals surface area contributed by atoms with Crippen LogP contribution in [0.1, 0.15) is 58.5 Å². The van der Waals surface area contributed by atoms with Crippen LogP contribution in [0.3, 0.4) is 0 Å². The summed E-state index contributed by atoms with van der Waals surface area (Å²) in [5.41, 5.74) is 2.00. The number of ether oxygens (including phenoxy) is 1. The third kappa shape index (κ3) is 5.80. The Labute approximate surface area is 201 Å². The summed E-state index contributed by atoms with van der Waals surface area (Å²) in [7, 11) is 3.69. The van der Waals surface area contributed by atoms with E-state index < -0.39 is 5.91 Å². The van der Waals surface area contributed by atoms with Gasteiger partial charge in [-0.3, -0.25) is 9.59 Å². The van der Waals surface area contributed by atoms with Gasteiger partial charge in [0.15, 0.2) is 0 Å². The van der Waals surface area contributed by atoms with Crippen molar-refractivity contribution in [3.63, 3.8) is 0 Å². The number of benzene rings is 2. The molecule has 0 aromatic heterocycles.